The van der Waals surface area contributed by atoms with Gasteiger partial charge in [0, 0.05) is 39.0 Å². The summed E-state index contributed by atoms with van der Waals surface area (Å²) in [5, 5.41) is 12.9. The van der Waals surface area contributed by atoms with Gasteiger partial charge in [-0.2, -0.15) is 0 Å². The minimum atomic E-state index is -0.115. The van der Waals surface area contributed by atoms with Crippen molar-refractivity contribution in [1.82, 2.24) is 5.32 Å². The average Bonchev–Trinajstić information content (AvgIpc) is 2.45. The van der Waals surface area contributed by atoms with Crippen LogP contribution in [0.3, 0.4) is 0 Å². The SMILES string of the molecule is COCCNCc1ccc(N2CCC(O)CC2)c(C)c1. The fraction of sp³-hybridized carbons (Fsp3) is 0.625. The highest BCUT2D eigenvalue weighted by molar-refractivity contribution is 5.54. The highest BCUT2D eigenvalue weighted by atomic mass is 16.5. The minimum Gasteiger partial charge on any atom is -0.393 e. The fourth-order valence-corrected chi connectivity index (χ4v) is 2.70. The lowest BCUT2D eigenvalue weighted by Gasteiger charge is -2.32. The molecular formula is C16H26N2O2. The van der Waals surface area contributed by atoms with E-state index in [4.69, 9.17) is 4.74 Å². The van der Waals surface area contributed by atoms with Gasteiger partial charge in [-0.3, -0.25) is 0 Å². The van der Waals surface area contributed by atoms with Crippen LogP contribution in [0.4, 0.5) is 5.69 Å². The molecule has 20 heavy (non-hydrogen) atoms. The highest BCUT2D eigenvalue weighted by Crippen LogP contribution is 2.24. The van der Waals surface area contributed by atoms with Crippen molar-refractivity contribution in [1.29, 1.82) is 0 Å². The van der Waals surface area contributed by atoms with Gasteiger partial charge in [0.15, 0.2) is 0 Å². The van der Waals surface area contributed by atoms with Crippen LogP contribution in [0, 0.1) is 6.92 Å². The molecule has 4 heteroatoms. The second-order valence-corrected chi connectivity index (χ2v) is 5.51. The maximum atomic E-state index is 9.58. The molecule has 0 unspecified atom stereocenters. The van der Waals surface area contributed by atoms with E-state index < -0.39 is 0 Å². The molecule has 0 saturated carbocycles. The zero-order valence-corrected chi connectivity index (χ0v) is 12.6. The number of ether oxygens (including phenoxy) is 1. The summed E-state index contributed by atoms with van der Waals surface area (Å²) in [5.41, 5.74) is 3.92. The maximum Gasteiger partial charge on any atom is 0.0587 e. The van der Waals surface area contributed by atoms with Crippen LogP contribution >= 0.6 is 0 Å². The normalized spacial score (nSPS) is 16.6. The number of anilines is 1. The summed E-state index contributed by atoms with van der Waals surface area (Å²) >= 11 is 0. The van der Waals surface area contributed by atoms with Crippen molar-refractivity contribution in [2.24, 2.45) is 0 Å². The molecular weight excluding hydrogens is 252 g/mol. The third kappa shape index (κ3) is 4.20. The average molecular weight is 278 g/mol. The van der Waals surface area contributed by atoms with Gasteiger partial charge < -0.3 is 20.1 Å². The zero-order chi connectivity index (χ0) is 14.4. The molecule has 0 atom stereocenters. The molecule has 4 nitrogen and oxygen atoms in total. The number of hydrogen-bond acceptors (Lipinski definition) is 4. The Morgan fingerprint density at radius 1 is 1.35 bits per heavy atom. The predicted molar refractivity (Wildman–Crippen MR) is 82.2 cm³/mol. The van der Waals surface area contributed by atoms with E-state index in [9.17, 15) is 5.11 Å². The van der Waals surface area contributed by atoms with E-state index in [0.717, 1.165) is 45.6 Å². The van der Waals surface area contributed by atoms with Gasteiger partial charge in [0.05, 0.1) is 12.7 Å². The van der Waals surface area contributed by atoms with E-state index in [0.29, 0.717) is 0 Å². The molecule has 1 aromatic carbocycles. The quantitative estimate of drug-likeness (QED) is 0.777. The van der Waals surface area contributed by atoms with Crippen LogP contribution in [0.2, 0.25) is 0 Å². The second kappa shape index (κ2) is 7.62. The summed E-state index contributed by atoms with van der Waals surface area (Å²) in [6, 6.07) is 6.65. The van der Waals surface area contributed by atoms with E-state index in [1.165, 1.54) is 16.8 Å². The molecule has 0 aliphatic carbocycles. The Morgan fingerprint density at radius 3 is 2.75 bits per heavy atom. The van der Waals surface area contributed by atoms with Crippen LogP contribution in [0.15, 0.2) is 18.2 Å². The summed E-state index contributed by atoms with van der Waals surface area (Å²) in [5.74, 6) is 0. The number of nitrogens with zero attached hydrogens (tertiary/aromatic N) is 1. The monoisotopic (exact) mass is 278 g/mol. The van der Waals surface area contributed by atoms with Crippen molar-refractivity contribution >= 4 is 5.69 Å². The molecule has 1 aliphatic heterocycles. The number of nitrogens with one attached hydrogen (secondary N) is 1. The highest BCUT2D eigenvalue weighted by Gasteiger charge is 2.18. The third-order valence-electron chi connectivity index (χ3n) is 3.88. The molecule has 1 aromatic rings. The van der Waals surface area contributed by atoms with Gasteiger partial charge in [0.2, 0.25) is 0 Å². The molecule has 0 amide bonds. The smallest absolute Gasteiger partial charge is 0.0587 e. The number of aryl methyl sites for hydroxylation is 1. The first kappa shape index (κ1) is 15.3. The third-order valence-corrected chi connectivity index (χ3v) is 3.88. The lowest BCUT2D eigenvalue weighted by atomic mass is 10.0. The van der Waals surface area contributed by atoms with Crippen LogP contribution in [-0.2, 0) is 11.3 Å². The topological polar surface area (TPSA) is 44.7 Å². The molecule has 1 aliphatic rings. The summed E-state index contributed by atoms with van der Waals surface area (Å²) in [6.07, 6.45) is 1.63. The second-order valence-electron chi connectivity index (χ2n) is 5.51. The van der Waals surface area contributed by atoms with E-state index >= 15 is 0 Å². The Morgan fingerprint density at radius 2 is 2.10 bits per heavy atom. The lowest BCUT2D eigenvalue weighted by molar-refractivity contribution is 0.145. The summed E-state index contributed by atoms with van der Waals surface area (Å²) in [4.78, 5) is 2.38. The van der Waals surface area contributed by atoms with Crippen LogP contribution in [0.25, 0.3) is 0 Å². The van der Waals surface area contributed by atoms with Gasteiger partial charge in [-0.05, 0) is 37.0 Å². The number of piperidine rings is 1. The van der Waals surface area contributed by atoms with Crippen molar-refractivity contribution in [2.45, 2.75) is 32.4 Å². The minimum absolute atomic E-state index is 0.115. The van der Waals surface area contributed by atoms with Crippen LogP contribution in [0.1, 0.15) is 24.0 Å². The maximum absolute atomic E-state index is 9.58. The molecule has 0 aromatic heterocycles. The van der Waals surface area contributed by atoms with Gasteiger partial charge in [0.25, 0.3) is 0 Å². The molecule has 0 spiro atoms. The number of aliphatic hydroxyl groups is 1. The van der Waals surface area contributed by atoms with Gasteiger partial charge in [-0.1, -0.05) is 12.1 Å². The number of hydrogen-bond donors (Lipinski definition) is 2. The van der Waals surface area contributed by atoms with Crippen molar-refractivity contribution in [3.05, 3.63) is 29.3 Å². The number of methoxy groups -OCH3 is 1. The van der Waals surface area contributed by atoms with Crippen LogP contribution < -0.4 is 10.2 Å². The zero-order valence-electron chi connectivity index (χ0n) is 12.6. The lowest BCUT2D eigenvalue weighted by Crippen LogP contribution is -2.36. The summed E-state index contributed by atoms with van der Waals surface area (Å²) in [6.45, 7) is 6.57. The fourth-order valence-electron chi connectivity index (χ4n) is 2.70. The van der Waals surface area contributed by atoms with Crippen LogP contribution in [0.5, 0.6) is 0 Å². The van der Waals surface area contributed by atoms with E-state index in [2.05, 4.69) is 35.3 Å². The Hall–Kier alpha value is -1.10. The van der Waals surface area contributed by atoms with Crippen LogP contribution in [-0.4, -0.2) is 44.6 Å². The molecule has 1 saturated heterocycles. The Labute approximate surface area is 121 Å². The van der Waals surface area contributed by atoms with E-state index in [1.54, 1.807) is 7.11 Å². The Bertz CT molecular complexity index is 415. The first-order valence-corrected chi connectivity index (χ1v) is 7.43. The first-order chi connectivity index (χ1) is 9.70. The van der Waals surface area contributed by atoms with Crippen molar-refractivity contribution in [3.63, 3.8) is 0 Å². The van der Waals surface area contributed by atoms with Gasteiger partial charge in [-0.15, -0.1) is 0 Å². The Balaban J connectivity index is 1.92. The van der Waals surface area contributed by atoms with E-state index in [-0.39, 0.29) is 6.10 Å². The van der Waals surface area contributed by atoms with Gasteiger partial charge >= 0.3 is 0 Å². The molecule has 112 valence electrons. The van der Waals surface area contributed by atoms with Crippen molar-refractivity contribution in [2.75, 3.05) is 38.3 Å². The summed E-state index contributed by atoms with van der Waals surface area (Å²) < 4.78 is 5.02. The summed E-state index contributed by atoms with van der Waals surface area (Å²) in [7, 11) is 1.72. The number of benzene rings is 1. The molecule has 0 radical (unpaired) electrons. The largest absolute Gasteiger partial charge is 0.393 e. The number of rotatable bonds is 6. The van der Waals surface area contributed by atoms with Gasteiger partial charge in [-0.25, -0.2) is 0 Å². The molecule has 2 rings (SSSR count). The molecule has 1 fully saturated rings. The predicted octanol–water partition coefficient (Wildman–Crippen LogP) is 1.69. The van der Waals surface area contributed by atoms with Crippen molar-refractivity contribution < 1.29 is 9.84 Å². The first-order valence-electron chi connectivity index (χ1n) is 7.43. The van der Waals surface area contributed by atoms with Gasteiger partial charge in [0.1, 0.15) is 0 Å². The number of aliphatic hydroxyl groups excluding tert-OH is 1. The Kier molecular flexibility index (Phi) is 5.83. The molecule has 2 N–H and O–H groups in total. The standard InChI is InChI=1S/C16H26N2O2/c1-13-11-14(12-17-7-10-20-2)3-4-16(13)18-8-5-15(19)6-9-18/h3-4,11,15,17,19H,5-10,12H2,1-2H3. The van der Waals surface area contributed by atoms with Crippen molar-refractivity contribution in [3.8, 4) is 0 Å². The molecule has 1 heterocycles. The van der Waals surface area contributed by atoms with E-state index in [1.807, 2.05) is 0 Å². The molecule has 0 bridgehead atoms.